The van der Waals surface area contributed by atoms with Crippen molar-refractivity contribution in [3.8, 4) is 0 Å². The number of hydrogen-bond donors (Lipinski definition) is 3. The molecule has 0 saturated heterocycles. The van der Waals surface area contributed by atoms with E-state index in [0.717, 1.165) is 4.90 Å². The lowest BCUT2D eigenvalue weighted by molar-refractivity contribution is -0.114. The summed E-state index contributed by atoms with van der Waals surface area (Å²) < 4.78 is 14.3. The molecule has 6 nitrogen and oxygen atoms in total. The lowest BCUT2D eigenvalue weighted by atomic mass is 10.1. The molecule has 0 radical (unpaired) electrons. The third-order valence-electron chi connectivity index (χ3n) is 5.42. The second-order valence-corrected chi connectivity index (χ2v) is 10.2. The van der Waals surface area contributed by atoms with Crippen molar-refractivity contribution < 1.29 is 18.8 Å². The first-order valence-corrected chi connectivity index (χ1v) is 13.6. The molecule has 202 valence electrons. The zero-order chi connectivity index (χ0) is 28.5. The van der Waals surface area contributed by atoms with E-state index in [-0.39, 0.29) is 22.9 Å². The maximum Gasteiger partial charge on any atom is 0.272 e. The van der Waals surface area contributed by atoms with E-state index in [1.165, 1.54) is 36.0 Å². The van der Waals surface area contributed by atoms with E-state index in [1.54, 1.807) is 78.9 Å². The third kappa shape index (κ3) is 8.19. The molecule has 0 spiro atoms. The first-order valence-electron chi connectivity index (χ1n) is 11.9. The molecule has 40 heavy (non-hydrogen) atoms. The molecule has 0 bridgehead atoms. The van der Waals surface area contributed by atoms with Crippen LogP contribution in [-0.2, 0) is 9.59 Å². The number of carbonyl (C=O) groups is 3. The highest BCUT2D eigenvalue weighted by atomic mass is 35.5. The summed E-state index contributed by atoms with van der Waals surface area (Å²) in [7, 11) is 0. The molecule has 0 fully saturated rings. The van der Waals surface area contributed by atoms with Gasteiger partial charge in [0.25, 0.3) is 11.8 Å². The van der Waals surface area contributed by atoms with Crippen LogP contribution in [0.4, 0.5) is 15.8 Å². The van der Waals surface area contributed by atoms with Gasteiger partial charge in [0.2, 0.25) is 5.91 Å². The Morgan fingerprint density at radius 1 is 0.825 bits per heavy atom. The van der Waals surface area contributed by atoms with Crippen LogP contribution in [0.2, 0.25) is 10.0 Å². The summed E-state index contributed by atoms with van der Waals surface area (Å²) in [6.45, 7) is 0. The number of nitrogens with one attached hydrogen (secondary N) is 3. The van der Waals surface area contributed by atoms with Gasteiger partial charge in [-0.05, 0) is 66.7 Å². The van der Waals surface area contributed by atoms with Crippen molar-refractivity contribution in [1.82, 2.24) is 5.32 Å². The van der Waals surface area contributed by atoms with Crippen molar-refractivity contribution in [2.24, 2.45) is 0 Å². The van der Waals surface area contributed by atoms with Gasteiger partial charge < -0.3 is 16.0 Å². The molecule has 0 aliphatic heterocycles. The van der Waals surface area contributed by atoms with Crippen LogP contribution >= 0.6 is 35.0 Å². The Balaban J connectivity index is 1.41. The van der Waals surface area contributed by atoms with Crippen LogP contribution in [0.5, 0.6) is 0 Å². The van der Waals surface area contributed by atoms with E-state index >= 15 is 0 Å². The molecule has 0 atom stereocenters. The Morgan fingerprint density at radius 3 is 2.23 bits per heavy atom. The van der Waals surface area contributed by atoms with Crippen LogP contribution in [-0.4, -0.2) is 23.5 Å². The largest absolute Gasteiger partial charge is 0.324 e. The monoisotopic (exact) mass is 593 g/mol. The van der Waals surface area contributed by atoms with Gasteiger partial charge in [-0.25, -0.2) is 4.39 Å². The molecule has 0 aromatic heterocycles. The van der Waals surface area contributed by atoms with Gasteiger partial charge in [-0.3, -0.25) is 14.4 Å². The van der Waals surface area contributed by atoms with Crippen LogP contribution in [0.15, 0.2) is 108 Å². The van der Waals surface area contributed by atoms with Crippen LogP contribution < -0.4 is 16.0 Å². The lowest BCUT2D eigenvalue weighted by Gasteiger charge is -2.12. The maximum absolute atomic E-state index is 14.3. The average molecular weight is 594 g/mol. The van der Waals surface area contributed by atoms with Crippen LogP contribution in [0.1, 0.15) is 15.9 Å². The standard InChI is InChI=1S/C30H22Cl2FN3O3S/c31-21-10-15-26(24(32)17-21)35-28(37)18-40-23-13-11-22(12-14-23)34-30(39)27(16-20-8-4-5-9-25(20)33)36-29(38)19-6-2-1-3-7-19/h1-17H,18H2,(H,34,39)(H,35,37)(H,36,38)/b27-16-. The van der Waals surface area contributed by atoms with Crippen molar-refractivity contribution in [2.75, 3.05) is 16.4 Å². The number of halogens is 3. The number of hydrogen-bond acceptors (Lipinski definition) is 4. The topological polar surface area (TPSA) is 87.3 Å². The van der Waals surface area contributed by atoms with E-state index in [2.05, 4.69) is 16.0 Å². The van der Waals surface area contributed by atoms with Crippen molar-refractivity contribution in [3.05, 3.63) is 130 Å². The summed E-state index contributed by atoms with van der Waals surface area (Å²) in [5.41, 5.74) is 1.27. The average Bonchev–Trinajstić information content (AvgIpc) is 2.95. The van der Waals surface area contributed by atoms with E-state index in [4.69, 9.17) is 23.2 Å². The SMILES string of the molecule is O=C(CSc1ccc(NC(=O)/C(=C/c2ccccc2F)NC(=O)c2ccccc2)cc1)Nc1ccc(Cl)cc1Cl. The number of anilines is 2. The number of amides is 3. The minimum Gasteiger partial charge on any atom is -0.324 e. The van der Waals surface area contributed by atoms with Crippen molar-refractivity contribution in [3.63, 3.8) is 0 Å². The molecule has 0 saturated carbocycles. The molecule has 0 unspecified atom stereocenters. The first-order chi connectivity index (χ1) is 19.3. The Kier molecular flexibility index (Phi) is 9.96. The Labute approximate surface area is 244 Å². The maximum atomic E-state index is 14.3. The Bertz CT molecular complexity index is 1560. The molecular weight excluding hydrogens is 572 g/mol. The zero-order valence-corrected chi connectivity index (χ0v) is 23.1. The Morgan fingerprint density at radius 2 is 1.52 bits per heavy atom. The van der Waals surface area contributed by atoms with Gasteiger partial charge in [-0.2, -0.15) is 0 Å². The fourth-order valence-corrected chi connectivity index (χ4v) is 4.60. The minimum atomic E-state index is -0.632. The second kappa shape index (κ2) is 13.8. The van der Waals surface area contributed by atoms with Crippen LogP contribution in [0, 0.1) is 5.82 Å². The predicted molar refractivity (Wildman–Crippen MR) is 159 cm³/mol. The summed E-state index contributed by atoms with van der Waals surface area (Å²) in [5, 5.41) is 8.84. The van der Waals surface area contributed by atoms with Gasteiger partial charge in [-0.15, -0.1) is 11.8 Å². The molecule has 0 heterocycles. The fraction of sp³-hybridized carbons (Fsp3) is 0.0333. The van der Waals surface area contributed by atoms with Gasteiger partial charge in [-0.1, -0.05) is 59.6 Å². The predicted octanol–water partition coefficient (Wildman–Crippen LogP) is 7.27. The third-order valence-corrected chi connectivity index (χ3v) is 6.98. The highest BCUT2D eigenvalue weighted by Crippen LogP contribution is 2.26. The molecule has 4 aromatic carbocycles. The molecule has 4 aromatic rings. The summed E-state index contributed by atoms with van der Waals surface area (Å²) in [6, 6.07) is 25.9. The number of benzene rings is 4. The van der Waals surface area contributed by atoms with Gasteiger partial charge >= 0.3 is 0 Å². The number of rotatable bonds is 9. The normalized spacial score (nSPS) is 11.0. The molecule has 3 N–H and O–H groups in total. The number of thioether (sulfide) groups is 1. The van der Waals surface area contributed by atoms with Crippen molar-refractivity contribution in [2.45, 2.75) is 4.90 Å². The summed E-state index contributed by atoms with van der Waals surface area (Å²) in [4.78, 5) is 39.0. The van der Waals surface area contributed by atoms with E-state index in [0.29, 0.717) is 27.0 Å². The lowest BCUT2D eigenvalue weighted by Crippen LogP contribution is -2.30. The smallest absolute Gasteiger partial charge is 0.272 e. The van der Waals surface area contributed by atoms with E-state index in [9.17, 15) is 18.8 Å². The van der Waals surface area contributed by atoms with Gasteiger partial charge in [0.1, 0.15) is 11.5 Å². The van der Waals surface area contributed by atoms with Crippen LogP contribution in [0.25, 0.3) is 6.08 Å². The quantitative estimate of drug-likeness (QED) is 0.141. The second-order valence-electron chi connectivity index (χ2n) is 8.34. The van der Waals surface area contributed by atoms with Crippen molar-refractivity contribution in [1.29, 1.82) is 0 Å². The Hall–Kier alpha value is -4.11. The summed E-state index contributed by atoms with van der Waals surface area (Å²) >= 11 is 13.3. The fourth-order valence-electron chi connectivity index (χ4n) is 3.45. The zero-order valence-electron chi connectivity index (χ0n) is 20.8. The first kappa shape index (κ1) is 28.9. The highest BCUT2D eigenvalue weighted by Gasteiger charge is 2.16. The van der Waals surface area contributed by atoms with Crippen LogP contribution in [0.3, 0.4) is 0 Å². The van der Waals surface area contributed by atoms with Crippen molar-refractivity contribution >= 4 is 70.1 Å². The molecule has 0 aliphatic carbocycles. The van der Waals surface area contributed by atoms with Gasteiger partial charge in [0, 0.05) is 26.7 Å². The van der Waals surface area contributed by atoms with E-state index in [1.807, 2.05) is 0 Å². The molecule has 3 amide bonds. The molecule has 0 aliphatic rings. The molecule has 4 rings (SSSR count). The summed E-state index contributed by atoms with van der Waals surface area (Å²) in [6.07, 6.45) is 1.28. The molecular formula is C30H22Cl2FN3O3S. The summed E-state index contributed by atoms with van der Waals surface area (Å²) in [5.74, 6) is -1.80. The van der Waals surface area contributed by atoms with Gasteiger partial charge in [0.15, 0.2) is 0 Å². The van der Waals surface area contributed by atoms with Gasteiger partial charge in [0.05, 0.1) is 16.5 Å². The number of carbonyl (C=O) groups excluding carboxylic acids is 3. The highest BCUT2D eigenvalue weighted by molar-refractivity contribution is 8.00. The molecule has 10 heteroatoms. The van der Waals surface area contributed by atoms with E-state index < -0.39 is 17.6 Å². The minimum absolute atomic E-state index is 0.130.